The Balaban J connectivity index is 1.78. The monoisotopic (exact) mass is 425 g/mol. The van der Waals surface area contributed by atoms with Crippen molar-refractivity contribution in [1.29, 1.82) is 0 Å². The molecular weight excluding hydrogens is 405 g/mol. The van der Waals surface area contributed by atoms with E-state index in [-0.39, 0.29) is 18.6 Å². The van der Waals surface area contributed by atoms with Crippen molar-refractivity contribution in [2.75, 3.05) is 18.0 Å². The predicted molar refractivity (Wildman–Crippen MR) is 111 cm³/mol. The third kappa shape index (κ3) is 4.91. The van der Waals surface area contributed by atoms with Crippen LogP contribution in [0.1, 0.15) is 25.0 Å². The topological polar surface area (TPSA) is 47.6 Å². The molecule has 3 rings (SSSR count). The number of para-hydroxylation sites is 1. The molecule has 0 saturated carbocycles. The fourth-order valence-corrected chi connectivity index (χ4v) is 3.93. The van der Waals surface area contributed by atoms with E-state index in [1.165, 1.54) is 0 Å². The molecule has 7 heteroatoms. The third-order valence-electron chi connectivity index (χ3n) is 4.22. The highest BCUT2D eigenvalue weighted by molar-refractivity contribution is 7.98. The van der Waals surface area contributed by atoms with Gasteiger partial charge >= 0.3 is 0 Å². The number of rotatable bonds is 6. The molecule has 1 aliphatic rings. The lowest BCUT2D eigenvalue weighted by molar-refractivity contribution is -0.122. The van der Waals surface area contributed by atoms with E-state index in [9.17, 15) is 4.79 Å². The minimum absolute atomic E-state index is 0.105. The van der Waals surface area contributed by atoms with E-state index in [0.717, 1.165) is 27.5 Å². The number of benzene rings is 2. The van der Waals surface area contributed by atoms with Crippen molar-refractivity contribution in [2.24, 2.45) is 5.41 Å². The molecular formula is C20H21Cl2NO3S. The maximum atomic E-state index is 12.5. The summed E-state index contributed by atoms with van der Waals surface area (Å²) in [5, 5.41) is 3.65. The lowest BCUT2D eigenvalue weighted by atomic mass is 9.95. The van der Waals surface area contributed by atoms with Crippen LogP contribution in [0.4, 0.5) is 5.69 Å². The lowest BCUT2D eigenvalue weighted by Crippen LogP contribution is -2.32. The van der Waals surface area contributed by atoms with Crippen LogP contribution < -0.4 is 10.1 Å². The van der Waals surface area contributed by atoms with E-state index in [1.807, 2.05) is 50.2 Å². The number of halogens is 2. The van der Waals surface area contributed by atoms with Gasteiger partial charge in [-0.05, 0) is 38.1 Å². The first-order valence-corrected chi connectivity index (χ1v) is 10.4. The summed E-state index contributed by atoms with van der Waals surface area (Å²) in [5.74, 6) is 1.64. The van der Waals surface area contributed by atoms with E-state index < -0.39 is 5.41 Å². The van der Waals surface area contributed by atoms with Gasteiger partial charge in [0.2, 0.25) is 5.91 Å². The molecule has 0 radical (unpaired) electrons. The summed E-state index contributed by atoms with van der Waals surface area (Å²) in [5.41, 5.74) is 2.09. The van der Waals surface area contributed by atoms with Gasteiger partial charge in [-0.3, -0.25) is 4.79 Å². The smallest absolute Gasteiger partial charge is 0.231 e. The van der Waals surface area contributed by atoms with Gasteiger partial charge in [-0.25, -0.2) is 0 Å². The Bertz CT molecular complexity index is 842. The quantitative estimate of drug-likeness (QED) is 0.475. The molecule has 1 N–H and O–H groups in total. The molecule has 27 heavy (non-hydrogen) atoms. The highest BCUT2D eigenvalue weighted by Crippen LogP contribution is 2.37. The zero-order valence-electron chi connectivity index (χ0n) is 15.2. The number of thioether (sulfide) groups is 1. The fourth-order valence-electron chi connectivity index (χ4n) is 2.57. The zero-order chi connectivity index (χ0) is 19.4. The van der Waals surface area contributed by atoms with Gasteiger partial charge < -0.3 is 14.8 Å². The maximum Gasteiger partial charge on any atom is 0.231 e. The molecule has 4 nitrogen and oxygen atoms in total. The first-order valence-electron chi connectivity index (χ1n) is 8.52. The molecule has 1 amide bonds. The second kappa shape index (κ2) is 8.74. The summed E-state index contributed by atoms with van der Waals surface area (Å²) in [6, 6.07) is 11.5. The third-order valence-corrected chi connectivity index (χ3v) is 6.23. The van der Waals surface area contributed by atoms with Crippen molar-refractivity contribution in [3.8, 4) is 5.75 Å². The minimum atomic E-state index is -0.640. The number of carbonyl (C=O) groups excluding carboxylic acids is 1. The highest BCUT2D eigenvalue weighted by atomic mass is 35.5. The van der Waals surface area contributed by atoms with Crippen LogP contribution in [0.25, 0.3) is 0 Å². The summed E-state index contributed by atoms with van der Waals surface area (Å²) in [7, 11) is 0. The van der Waals surface area contributed by atoms with Crippen molar-refractivity contribution in [3.63, 3.8) is 0 Å². The number of amides is 1. The summed E-state index contributed by atoms with van der Waals surface area (Å²) in [4.78, 5) is 13.4. The van der Waals surface area contributed by atoms with Crippen LogP contribution in [0, 0.1) is 5.41 Å². The molecule has 0 saturated heterocycles. The normalized spacial score (nSPS) is 13.6. The van der Waals surface area contributed by atoms with Gasteiger partial charge in [0.05, 0.1) is 17.7 Å². The first-order chi connectivity index (χ1) is 12.9. The number of hydrogen-bond acceptors (Lipinski definition) is 4. The fraction of sp³-hybridized carbons (Fsp3) is 0.350. The van der Waals surface area contributed by atoms with Gasteiger partial charge in [0.25, 0.3) is 0 Å². The van der Waals surface area contributed by atoms with Gasteiger partial charge in [-0.15, -0.1) is 23.4 Å². The van der Waals surface area contributed by atoms with Crippen molar-refractivity contribution >= 4 is 46.6 Å². The summed E-state index contributed by atoms with van der Waals surface area (Å²) in [6.07, 6.45) is 0. The molecule has 0 unspecified atom stereocenters. The first kappa shape index (κ1) is 20.3. The van der Waals surface area contributed by atoms with Crippen molar-refractivity contribution < 1.29 is 14.3 Å². The van der Waals surface area contributed by atoms with E-state index in [4.69, 9.17) is 32.7 Å². The number of alkyl halides is 1. The Morgan fingerprint density at radius 2 is 2.07 bits per heavy atom. The van der Waals surface area contributed by atoms with E-state index >= 15 is 0 Å². The molecule has 0 atom stereocenters. The van der Waals surface area contributed by atoms with Crippen molar-refractivity contribution in [3.05, 3.63) is 52.5 Å². The minimum Gasteiger partial charge on any atom is -0.467 e. The molecule has 0 aromatic heterocycles. The van der Waals surface area contributed by atoms with Crippen LogP contribution in [0.2, 0.25) is 5.02 Å². The van der Waals surface area contributed by atoms with Crippen LogP contribution in [0.5, 0.6) is 5.75 Å². The summed E-state index contributed by atoms with van der Waals surface area (Å²) >= 11 is 13.8. The predicted octanol–water partition coefficient (Wildman–Crippen LogP) is 5.70. The lowest BCUT2D eigenvalue weighted by Gasteiger charge is -2.22. The number of hydrogen-bond donors (Lipinski definition) is 1. The molecule has 0 fully saturated rings. The van der Waals surface area contributed by atoms with Gasteiger partial charge in [-0.2, -0.15) is 0 Å². The molecule has 0 spiro atoms. The average Bonchev–Trinajstić information content (AvgIpc) is 2.66. The molecule has 2 aromatic rings. The Hall–Kier alpha value is -1.40. The van der Waals surface area contributed by atoms with Crippen LogP contribution in [-0.4, -0.2) is 18.6 Å². The Morgan fingerprint density at radius 3 is 2.85 bits per heavy atom. The number of fused-ring (bicyclic) bond motifs is 1. The van der Waals surface area contributed by atoms with E-state index in [0.29, 0.717) is 17.4 Å². The highest BCUT2D eigenvalue weighted by Gasteiger charge is 2.27. The molecule has 0 aliphatic carbocycles. The second-order valence-electron chi connectivity index (χ2n) is 6.92. The van der Waals surface area contributed by atoms with E-state index in [1.54, 1.807) is 11.8 Å². The molecule has 2 aromatic carbocycles. The van der Waals surface area contributed by atoms with Crippen LogP contribution in [-0.2, 0) is 21.9 Å². The summed E-state index contributed by atoms with van der Waals surface area (Å²) < 4.78 is 11.0. The number of carbonyl (C=O) groups is 1. The Labute approximate surface area is 173 Å². The zero-order valence-corrected chi connectivity index (χ0v) is 17.5. The molecule has 144 valence electrons. The molecule has 1 heterocycles. The van der Waals surface area contributed by atoms with Crippen LogP contribution >= 0.6 is 35.0 Å². The van der Waals surface area contributed by atoms with Crippen LogP contribution in [0.3, 0.4) is 0 Å². The van der Waals surface area contributed by atoms with Gasteiger partial charge in [0, 0.05) is 32.7 Å². The van der Waals surface area contributed by atoms with Crippen molar-refractivity contribution in [2.45, 2.75) is 31.1 Å². The second-order valence-corrected chi connectivity index (χ2v) is 8.64. The van der Waals surface area contributed by atoms with Crippen LogP contribution in [0.15, 0.2) is 41.3 Å². The summed E-state index contributed by atoms with van der Waals surface area (Å²) in [6.45, 7) is 4.38. The number of ether oxygens (including phenoxy) is 2. The standard InChI is InChI=1S/C20H21Cl2NO3S/c1-20(2,11-21)19(24)23-16-5-3-4-6-17(16)27-10-14-8-15(22)7-13-9-25-12-26-18(13)14/h3-8H,9-12H2,1-2H3,(H,23,24). The Kier molecular flexibility index (Phi) is 6.58. The van der Waals surface area contributed by atoms with Gasteiger partial charge in [0.1, 0.15) is 5.75 Å². The van der Waals surface area contributed by atoms with E-state index in [2.05, 4.69) is 5.32 Å². The number of anilines is 1. The Morgan fingerprint density at radius 1 is 1.30 bits per heavy atom. The van der Waals surface area contributed by atoms with Gasteiger partial charge in [0.15, 0.2) is 6.79 Å². The number of nitrogens with one attached hydrogen (secondary N) is 1. The SMILES string of the molecule is CC(C)(CCl)C(=O)Nc1ccccc1SCc1cc(Cl)cc2c1OCOC2. The van der Waals surface area contributed by atoms with Gasteiger partial charge in [-0.1, -0.05) is 23.7 Å². The average molecular weight is 426 g/mol. The van der Waals surface area contributed by atoms with Crippen molar-refractivity contribution in [1.82, 2.24) is 0 Å². The molecule has 0 bridgehead atoms. The largest absolute Gasteiger partial charge is 0.467 e. The maximum absolute atomic E-state index is 12.5. The molecule has 1 aliphatic heterocycles.